The van der Waals surface area contributed by atoms with Crippen molar-refractivity contribution in [3.8, 4) is 5.75 Å². The van der Waals surface area contributed by atoms with Crippen LogP contribution < -0.4 is 5.32 Å². The molecule has 0 spiro atoms. The maximum atomic E-state index is 10.1. The summed E-state index contributed by atoms with van der Waals surface area (Å²) in [5.41, 5.74) is 1.28. The van der Waals surface area contributed by atoms with Crippen LogP contribution in [0.1, 0.15) is 18.0 Å². The Labute approximate surface area is 150 Å². The molecule has 0 aromatic heterocycles. The molecule has 5 heteroatoms. The number of phenolic OH excluding ortho intramolecular Hbond substituents is 1. The van der Waals surface area contributed by atoms with Gasteiger partial charge in [-0.05, 0) is 23.4 Å². The van der Waals surface area contributed by atoms with Crippen molar-refractivity contribution in [1.82, 2.24) is 10.2 Å². The summed E-state index contributed by atoms with van der Waals surface area (Å²) in [6, 6.07) is 12.3. The number of piperazine rings is 1. The first-order chi connectivity index (χ1) is 10.3. The second kappa shape index (κ2) is 9.14. The molecule has 0 bridgehead atoms. The smallest absolute Gasteiger partial charge is 0.123 e. The maximum absolute atomic E-state index is 10.1. The van der Waals surface area contributed by atoms with Gasteiger partial charge in [0, 0.05) is 37.6 Å². The molecule has 1 heterocycles. The van der Waals surface area contributed by atoms with E-state index in [4.69, 9.17) is 0 Å². The lowest BCUT2D eigenvalue weighted by Crippen LogP contribution is -2.45. The van der Waals surface area contributed by atoms with Crippen LogP contribution in [0.25, 0.3) is 10.8 Å². The van der Waals surface area contributed by atoms with E-state index in [1.54, 1.807) is 0 Å². The summed E-state index contributed by atoms with van der Waals surface area (Å²) in [6.45, 7) is 8.09. The summed E-state index contributed by atoms with van der Waals surface area (Å²) in [5, 5.41) is 15.5. The number of halogens is 2. The van der Waals surface area contributed by atoms with Crippen molar-refractivity contribution >= 4 is 35.6 Å². The number of phenols is 1. The molecule has 2 N–H and O–H groups in total. The Balaban J connectivity index is 0.00000132. The van der Waals surface area contributed by atoms with Gasteiger partial charge in [-0.25, -0.2) is 0 Å². The highest BCUT2D eigenvalue weighted by molar-refractivity contribution is 5.91. The molecule has 1 saturated heterocycles. The maximum Gasteiger partial charge on any atom is 0.123 e. The number of benzene rings is 2. The SMILES string of the molecule is C=CC[C@H](c1ccc(O)c2ccccc12)N1CCNCC1.Cl.Cl. The minimum Gasteiger partial charge on any atom is -0.507 e. The van der Waals surface area contributed by atoms with Gasteiger partial charge in [0.25, 0.3) is 0 Å². The van der Waals surface area contributed by atoms with Crippen LogP contribution in [-0.2, 0) is 0 Å². The molecule has 23 heavy (non-hydrogen) atoms. The van der Waals surface area contributed by atoms with Crippen LogP contribution in [0.15, 0.2) is 49.1 Å². The van der Waals surface area contributed by atoms with Gasteiger partial charge in [0.15, 0.2) is 0 Å². The average Bonchev–Trinajstić information content (AvgIpc) is 2.55. The van der Waals surface area contributed by atoms with Crippen LogP contribution in [-0.4, -0.2) is 36.2 Å². The van der Waals surface area contributed by atoms with E-state index < -0.39 is 0 Å². The summed E-state index contributed by atoms with van der Waals surface area (Å²) in [4.78, 5) is 2.51. The summed E-state index contributed by atoms with van der Waals surface area (Å²) in [5.74, 6) is 0.354. The first-order valence-electron chi connectivity index (χ1n) is 7.57. The third-order valence-corrected chi connectivity index (χ3v) is 4.28. The molecular weight excluding hydrogens is 331 g/mol. The molecule has 1 atom stereocenters. The number of nitrogens with zero attached hydrogens (tertiary/aromatic N) is 1. The molecule has 3 nitrogen and oxygen atoms in total. The van der Waals surface area contributed by atoms with Gasteiger partial charge in [0.05, 0.1) is 0 Å². The molecular formula is C18H24Cl2N2O. The fourth-order valence-corrected chi connectivity index (χ4v) is 3.22. The van der Waals surface area contributed by atoms with E-state index >= 15 is 0 Å². The Hall–Kier alpha value is -1.26. The molecule has 3 rings (SSSR count). The van der Waals surface area contributed by atoms with Crippen LogP contribution in [0.2, 0.25) is 0 Å². The van der Waals surface area contributed by atoms with Gasteiger partial charge in [-0.2, -0.15) is 0 Å². The van der Waals surface area contributed by atoms with Gasteiger partial charge in [-0.15, -0.1) is 31.4 Å². The van der Waals surface area contributed by atoms with Gasteiger partial charge < -0.3 is 10.4 Å². The second-order valence-electron chi connectivity index (χ2n) is 5.55. The van der Waals surface area contributed by atoms with E-state index in [0.717, 1.165) is 43.4 Å². The van der Waals surface area contributed by atoms with E-state index in [1.165, 1.54) is 5.56 Å². The number of nitrogens with one attached hydrogen (secondary N) is 1. The molecule has 126 valence electrons. The van der Waals surface area contributed by atoms with E-state index in [2.05, 4.69) is 28.9 Å². The van der Waals surface area contributed by atoms with Crippen molar-refractivity contribution in [2.75, 3.05) is 26.2 Å². The molecule has 1 aliphatic rings. The third-order valence-electron chi connectivity index (χ3n) is 4.28. The first-order valence-corrected chi connectivity index (χ1v) is 7.57. The quantitative estimate of drug-likeness (QED) is 0.817. The molecule has 1 aliphatic heterocycles. The Morgan fingerprint density at radius 2 is 1.74 bits per heavy atom. The van der Waals surface area contributed by atoms with Gasteiger partial charge in [0.2, 0.25) is 0 Å². The van der Waals surface area contributed by atoms with Gasteiger partial charge in [0.1, 0.15) is 5.75 Å². The van der Waals surface area contributed by atoms with E-state index in [1.807, 2.05) is 30.3 Å². The molecule has 0 aliphatic carbocycles. The zero-order valence-corrected chi connectivity index (χ0v) is 14.7. The monoisotopic (exact) mass is 354 g/mol. The predicted molar refractivity (Wildman–Crippen MR) is 102 cm³/mol. The average molecular weight is 355 g/mol. The highest BCUT2D eigenvalue weighted by Crippen LogP contribution is 2.35. The van der Waals surface area contributed by atoms with Crippen molar-refractivity contribution in [2.24, 2.45) is 0 Å². The Morgan fingerprint density at radius 3 is 2.39 bits per heavy atom. The lowest BCUT2D eigenvalue weighted by molar-refractivity contribution is 0.175. The van der Waals surface area contributed by atoms with E-state index in [9.17, 15) is 5.11 Å². The standard InChI is InChI=1S/C18H22N2O.2ClH/c1-2-5-17(20-12-10-19-11-13-20)15-8-9-18(21)16-7-4-3-6-14(15)16;;/h2-4,6-9,17,19,21H,1,5,10-13H2;2*1H/t17-;;/m1../s1. The number of fused-ring (bicyclic) bond motifs is 1. The molecule has 0 saturated carbocycles. The molecule has 0 radical (unpaired) electrons. The minimum absolute atomic E-state index is 0. The van der Waals surface area contributed by atoms with Crippen LogP contribution in [0, 0.1) is 0 Å². The van der Waals surface area contributed by atoms with Crippen LogP contribution in [0.5, 0.6) is 5.75 Å². The highest BCUT2D eigenvalue weighted by atomic mass is 35.5. The molecule has 0 unspecified atom stereocenters. The largest absolute Gasteiger partial charge is 0.507 e. The summed E-state index contributed by atoms with van der Waals surface area (Å²) in [6.07, 6.45) is 2.92. The van der Waals surface area contributed by atoms with Gasteiger partial charge in [-0.3, -0.25) is 4.90 Å². The molecule has 2 aromatic rings. The zero-order chi connectivity index (χ0) is 14.7. The Bertz CT molecular complexity index is 642. The van der Waals surface area contributed by atoms with Crippen molar-refractivity contribution in [1.29, 1.82) is 0 Å². The highest BCUT2D eigenvalue weighted by Gasteiger charge is 2.23. The normalized spacial score (nSPS) is 16.2. The summed E-state index contributed by atoms with van der Waals surface area (Å²) >= 11 is 0. The second-order valence-corrected chi connectivity index (χ2v) is 5.55. The molecule has 1 fully saturated rings. The lowest BCUT2D eigenvalue weighted by atomic mass is 9.94. The number of rotatable bonds is 4. The van der Waals surface area contributed by atoms with E-state index in [0.29, 0.717) is 11.8 Å². The van der Waals surface area contributed by atoms with Crippen molar-refractivity contribution in [3.05, 3.63) is 54.6 Å². The van der Waals surface area contributed by atoms with Crippen LogP contribution >= 0.6 is 24.8 Å². The van der Waals surface area contributed by atoms with Crippen LogP contribution in [0.4, 0.5) is 0 Å². The molecule has 2 aromatic carbocycles. The van der Waals surface area contributed by atoms with Crippen molar-refractivity contribution in [3.63, 3.8) is 0 Å². The Kier molecular flexibility index (Phi) is 7.86. The summed E-state index contributed by atoms with van der Waals surface area (Å²) < 4.78 is 0. The third kappa shape index (κ3) is 4.18. The van der Waals surface area contributed by atoms with E-state index in [-0.39, 0.29) is 24.8 Å². The predicted octanol–water partition coefficient (Wildman–Crippen LogP) is 3.91. The van der Waals surface area contributed by atoms with Crippen molar-refractivity contribution in [2.45, 2.75) is 12.5 Å². The first kappa shape index (κ1) is 19.8. The van der Waals surface area contributed by atoms with Gasteiger partial charge >= 0.3 is 0 Å². The van der Waals surface area contributed by atoms with Crippen LogP contribution in [0.3, 0.4) is 0 Å². The number of aromatic hydroxyl groups is 1. The van der Waals surface area contributed by atoms with Crippen molar-refractivity contribution < 1.29 is 5.11 Å². The number of hydrogen-bond acceptors (Lipinski definition) is 3. The molecule has 0 amide bonds. The Morgan fingerprint density at radius 1 is 1.09 bits per heavy atom. The zero-order valence-electron chi connectivity index (χ0n) is 13.1. The minimum atomic E-state index is 0. The van der Waals surface area contributed by atoms with Gasteiger partial charge in [-0.1, -0.05) is 36.4 Å². The topological polar surface area (TPSA) is 35.5 Å². The fourth-order valence-electron chi connectivity index (χ4n) is 3.22. The fraction of sp³-hybridized carbons (Fsp3) is 0.333. The number of hydrogen-bond donors (Lipinski definition) is 2. The summed E-state index contributed by atoms with van der Waals surface area (Å²) in [7, 11) is 0. The lowest BCUT2D eigenvalue weighted by Gasteiger charge is -2.35.